The number of esters is 1. The number of Topliss-reactive ketones (excluding diaryl/α,β-unsaturated/α-hetero) is 1. The summed E-state index contributed by atoms with van der Waals surface area (Å²) in [5.41, 5.74) is 3.97. The first-order valence-electron chi connectivity index (χ1n) is 8.72. The van der Waals surface area contributed by atoms with Crippen LogP contribution in [-0.4, -0.2) is 25.0 Å². The van der Waals surface area contributed by atoms with Gasteiger partial charge in [0.2, 0.25) is 0 Å². The average molecular weight is 373 g/mol. The molecule has 0 radical (unpaired) electrons. The van der Waals surface area contributed by atoms with Gasteiger partial charge in [0, 0.05) is 10.6 Å². The molecule has 3 rings (SSSR count). The fourth-order valence-corrected chi connectivity index (χ4v) is 3.32. The lowest BCUT2D eigenvalue weighted by atomic mass is 9.90. The zero-order valence-electron chi connectivity index (χ0n) is 14.7. The van der Waals surface area contributed by atoms with Crippen molar-refractivity contribution in [2.45, 2.75) is 32.6 Å². The molecule has 1 aliphatic carbocycles. The van der Waals surface area contributed by atoms with E-state index in [1.54, 1.807) is 18.2 Å². The van der Waals surface area contributed by atoms with Gasteiger partial charge in [0.25, 0.3) is 0 Å². The molecule has 0 unspecified atom stereocenters. The van der Waals surface area contributed by atoms with Gasteiger partial charge in [-0.05, 0) is 73.6 Å². The number of aryl methyl sites for hydroxylation is 3. The van der Waals surface area contributed by atoms with E-state index in [-0.39, 0.29) is 19.0 Å². The molecule has 0 spiro atoms. The van der Waals surface area contributed by atoms with E-state index in [1.807, 2.05) is 25.1 Å². The van der Waals surface area contributed by atoms with Gasteiger partial charge in [0.15, 0.2) is 19.0 Å². The maximum Gasteiger partial charge on any atom is 0.344 e. The van der Waals surface area contributed by atoms with Gasteiger partial charge in [0.1, 0.15) is 5.75 Å². The standard InChI is InChI=1S/C21H21ClO4/c1-14-10-18(22)8-9-20(14)25-13-21(24)26-12-19(23)17-7-6-15-4-2-3-5-16(15)11-17/h6-11H,2-5,12-13H2,1H3. The van der Waals surface area contributed by atoms with Crippen molar-refractivity contribution in [3.63, 3.8) is 0 Å². The van der Waals surface area contributed by atoms with Gasteiger partial charge in [-0.3, -0.25) is 4.79 Å². The van der Waals surface area contributed by atoms with Crippen molar-refractivity contribution in [1.82, 2.24) is 0 Å². The number of halogens is 1. The number of benzene rings is 2. The van der Waals surface area contributed by atoms with Crippen molar-refractivity contribution < 1.29 is 19.1 Å². The molecule has 0 bridgehead atoms. The highest BCUT2D eigenvalue weighted by molar-refractivity contribution is 6.30. The Morgan fingerprint density at radius 1 is 1.00 bits per heavy atom. The van der Waals surface area contributed by atoms with Crippen LogP contribution in [0, 0.1) is 6.92 Å². The highest BCUT2D eigenvalue weighted by Gasteiger charge is 2.15. The summed E-state index contributed by atoms with van der Waals surface area (Å²) >= 11 is 5.88. The van der Waals surface area contributed by atoms with Crippen LogP contribution in [0.4, 0.5) is 0 Å². The van der Waals surface area contributed by atoms with E-state index in [1.165, 1.54) is 17.5 Å². The topological polar surface area (TPSA) is 52.6 Å². The van der Waals surface area contributed by atoms with Gasteiger partial charge in [-0.15, -0.1) is 0 Å². The molecule has 0 N–H and O–H groups in total. The van der Waals surface area contributed by atoms with Crippen molar-refractivity contribution in [3.05, 3.63) is 63.7 Å². The monoisotopic (exact) mass is 372 g/mol. The Bertz CT molecular complexity index is 829. The molecule has 2 aromatic carbocycles. The Morgan fingerprint density at radius 2 is 1.77 bits per heavy atom. The normalized spacial score (nSPS) is 13.0. The van der Waals surface area contributed by atoms with Crippen molar-refractivity contribution in [2.75, 3.05) is 13.2 Å². The molecular weight excluding hydrogens is 352 g/mol. The number of hydrogen-bond donors (Lipinski definition) is 0. The van der Waals surface area contributed by atoms with Crippen molar-refractivity contribution in [1.29, 1.82) is 0 Å². The van der Waals surface area contributed by atoms with E-state index < -0.39 is 5.97 Å². The average Bonchev–Trinajstić information content (AvgIpc) is 2.65. The van der Waals surface area contributed by atoms with Crippen LogP contribution in [0.25, 0.3) is 0 Å². The summed E-state index contributed by atoms with van der Waals surface area (Å²) in [5, 5.41) is 0.605. The predicted molar refractivity (Wildman–Crippen MR) is 100 cm³/mol. The van der Waals surface area contributed by atoms with E-state index in [2.05, 4.69) is 0 Å². The highest BCUT2D eigenvalue weighted by Crippen LogP contribution is 2.23. The fraction of sp³-hybridized carbons (Fsp3) is 0.333. The van der Waals surface area contributed by atoms with Gasteiger partial charge < -0.3 is 9.47 Å². The summed E-state index contributed by atoms with van der Waals surface area (Å²) in [6.07, 6.45) is 4.43. The number of carbonyl (C=O) groups is 2. The predicted octanol–water partition coefficient (Wildman–Crippen LogP) is 4.33. The summed E-state index contributed by atoms with van der Waals surface area (Å²) in [4.78, 5) is 24.1. The highest BCUT2D eigenvalue weighted by atomic mass is 35.5. The van der Waals surface area contributed by atoms with E-state index in [4.69, 9.17) is 21.1 Å². The quantitative estimate of drug-likeness (QED) is 0.559. The Kier molecular flexibility index (Phi) is 5.94. The van der Waals surface area contributed by atoms with Crippen LogP contribution < -0.4 is 4.74 Å². The number of ketones is 1. The van der Waals surface area contributed by atoms with Crippen LogP contribution in [0.5, 0.6) is 5.75 Å². The number of rotatable bonds is 6. The Labute approximate surface area is 158 Å². The third-order valence-corrected chi connectivity index (χ3v) is 4.75. The largest absolute Gasteiger partial charge is 0.482 e. The molecule has 2 aromatic rings. The Balaban J connectivity index is 1.50. The zero-order chi connectivity index (χ0) is 18.5. The van der Waals surface area contributed by atoms with E-state index in [0.29, 0.717) is 16.3 Å². The maximum atomic E-state index is 12.3. The van der Waals surface area contributed by atoms with Gasteiger partial charge in [-0.25, -0.2) is 4.79 Å². The van der Waals surface area contributed by atoms with Crippen molar-refractivity contribution in [3.8, 4) is 5.75 Å². The van der Waals surface area contributed by atoms with Gasteiger partial charge in [-0.2, -0.15) is 0 Å². The summed E-state index contributed by atoms with van der Waals surface area (Å²) in [6, 6.07) is 10.9. The van der Waals surface area contributed by atoms with Crippen LogP contribution >= 0.6 is 11.6 Å². The minimum Gasteiger partial charge on any atom is -0.482 e. The SMILES string of the molecule is Cc1cc(Cl)ccc1OCC(=O)OCC(=O)c1ccc2c(c1)CCCC2. The van der Waals surface area contributed by atoms with Crippen LogP contribution in [-0.2, 0) is 22.4 Å². The molecule has 4 nitrogen and oxygen atoms in total. The third kappa shape index (κ3) is 4.64. The third-order valence-electron chi connectivity index (χ3n) is 4.52. The number of ether oxygens (including phenoxy) is 2. The van der Waals surface area contributed by atoms with Crippen LogP contribution in [0.1, 0.15) is 39.9 Å². The Morgan fingerprint density at radius 3 is 2.54 bits per heavy atom. The second kappa shape index (κ2) is 8.37. The molecule has 0 heterocycles. The summed E-state index contributed by atoms with van der Waals surface area (Å²) in [5.74, 6) is -0.215. The number of hydrogen-bond acceptors (Lipinski definition) is 4. The second-order valence-electron chi connectivity index (χ2n) is 6.47. The molecule has 0 aliphatic heterocycles. The molecule has 0 amide bonds. The summed E-state index contributed by atoms with van der Waals surface area (Å²) in [7, 11) is 0. The maximum absolute atomic E-state index is 12.3. The molecular formula is C21H21ClO4. The van der Waals surface area contributed by atoms with Gasteiger partial charge in [-0.1, -0.05) is 23.7 Å². The van der Waals surface area contributed by atoms with Gasteiger partial charge in [0.05, 0.1) is 0 Å². The van der Waals surface area contributed by atoms with Crippen LogP contribution in [0.2, 0.25) is 5.02 Å². The summed E-state index contributed by atoms with van der Waals surface area (Å²) < 4.78 is 10.5. The lowest BCUT2D eigenvalue weighted by Gasteiger charge is -2.16. The lowest BCUT2D eigenvalue weighted by Crippen LogP contribution is -2.20. The van der Waals surface area contributed by atoms with Crippen molar-refractivity contribution >= 4 is 23.4 Å². The van der Waals surface area contributed by atoms with Gasteiger partial charge >= 0.3 is 5.97 Å². The number of carbonyl (C=O) groups excluding carboxylic acids is 2. The molecule has 0 atom stereocenters. The molecule has 26 heavy (non-hydrogen) atoms. The van der Waals surface area contributed by atoms with E-state index in [0.717, 1.165) is 24.8 Å². The first-order valence-corrected chi connectivity index (χ1v) is 9.10. The lowest BCUT2D eigenvalue weighted by molar-refractivity contribution is -0.144. The molecule has 1 aliphatic rings. The molecule has 0 aromatic heterocycles. The summed E-state index contributed by atoms with van der Waals surface area (Å²) in [6.45, 7) is 1.31. The minimum atomic E-state index is -0.578. The fourth-order valence-electron chi connectivity index (χ4n) is 3.09. The van der Waals surface area contributed by atoms with E-state index in [9.17, 15) is 9.59 Å². The molecule has 0 fully saturated rings. The van der Waals surface area contributed by atoms with Crippen LogP contribution in [0.15, 0.2) is 36.4 Å². The molecule has 136 valence electrons. The molecule has 0 saturated heterocycles. The second-order valence-corrected chi connectivity index (χ2v) is 6.91. The smallest absolute Gasteiger partial charge is 0.344 e. The number of fused-ring (bicyclic) bond motifs is 1. The van der Waals surface area contributed by atoms with E-state index >= 15 is 0 Å². The molecule has 0 saturated carbocycles. The van der Waals surface area contributed by atoms with Crippen LogP contribution in [0.3, 0.4) is 0 Å². The molecule has 5 heteroatoms. The van der Waals surface area contributed by atoms with Crippen molar-refractivity contribution in [2.24, 2.45) is 0 Å². The first-order chi connectivity index (χ1) is 12.5. The zero-order valence-corrected chi connectivity index (χ0v) is 15.5. The first kappa shape index (κ1) is 18.5. The minimum absolute atomic E-state index is 0.200. The Hall–Kier alpha value is -2.33.